The van der Waals surface area contributed by atoms with Crippen LogP contribution in [-0.2, 0) is 12.6 Å². The average molecular weight is 299 g/mol. The molecule has 0 radical (unpaired) electrons. The van der Waals surface area contributed by atoms with Gasteiger partial charge in [-0.3, -0.25) is 0 Å². The van der Waals surface area contributed by atoms with Gasteiger partial charge in [0.25, 0.3) is 0 Å². The van der Waals surface area contributed by atoms with E-state index in [1.54, 1.807) is 12.1 Å². The van der Waals surface area contributed by atoms with Gasteiger partial charge in [0.15, 0.2) is 0 Å². The first-order valence-electron chi connectivity index (χ1n) is 7.43. The number of nitrogens with one attached hydrogen (secondary N) is 1. The largest absolute Gasteiger partial charge is 0.416 e. The summed E-state index contributed by atoms with van der Waals surface area (Å²) in [6.45, 7) is 9.09. The molecule has 0 saturated heterocycles. The topological polar surface area (TPSA) is 12.0 Å². The Hall–Kier alpha value is -1.29. The van der Waals surface area contributed by atoms with E-state index in [-0.39, 0.29) is 6.04 Å². The van der Waals surface area contributed by atoms with Gasteiger partial charge >= 0.3 is 6.18 Å². The maximum Gasteiger partial charge on any atom is 0.416 e. The van der Waals surface area contributed by atoms with Crippen LogP contribution in [0.3, 0.4) is 0 Å². The molecule has 1 aromatic rings. The van der Waals surface area contributed by atoms with Crippen LogP contribution in [-0.4, -0.2) is 12.6 Å². The third-order valence-electron chi connectivity index (χ3n) is 3.48. The van der Waals surface area contributed by atoms with Crippen molar-refractivity contribution in [3.05, 3.63) is 47.5 Å². The lowest BCUT2D eigenvalue weighted by molar-refractivity contribution is -0.137. The van der Waals surface area contributed by atoms with Crippen LogP contribution in [0, 0.1) is 0 Å². The molecule has 0 aromatic heterocycles. The quantitative estimate of drug-likeness (QED) is 0.668. The fraction of sp³-hybridized carbons (Fsp3) is 0.529. The molecule has 1 rings (SSSR count). The fourth-order valence-corrected chi connectivity index (χ4v) is 2.17. The smallest absolute Gasteiger partial charge is 0.313 e. The van der Waals surface area contributed by atoms with E-state index < -0.39 is 11.7 Å². The van der Waals surface area contributed by atoms with Gasteiger partial charge in [0, 0.05) is 6.04 Å². The lowest BCUT2D eigenvalue weighted by Crippen LogP contribution is -2.32. The molecule has 0 heterocycles. The predicted octanol–water partition coefficient (Wildman–Crippen LogP) is 4.97. The summed E-state index contributed by atoms with van der Waals surface area (Å²) >= 11 is 0. The SMILES string of the molecule is C=C(CC)CC(Cc1ccc(C(F)(F)F)cc1)NCCC. The van der Waals surface area contributed by atoms with E-state index in [0.29, 0.717) is 0 Å². The van der Waals surface area contributed by atoms with Crippen LogP contribution in [0.1, 0.15) is 44.2 Å². The van der Waals surface area contributed by atoms with Crippen LogP contribution >= 0.6 is 0 Å². The van der Waals surface area contributed by atoms with Gasteiger partial charge in [-0.2, -0.15) is 13.2 Å². The van der Waals surface area contributed by atoms with Crippen molar-refractivity contribution in [2.75, 3.05) is 6.54 Å². The van der Waals surface area contributed by atoms with Crippen LogP contribution in [0.5, 0.6) is 0 Å². The molecule has 0 spiro atoms. The molecule has 0 aliphatic carbocycles. The molecule has 1 atom stereocenters. The zero-order valence-corrected chi connectivity index (χ0v) is 12.8. The van der Waals surface area contributed by atoms with Gasteiger partial charge in [-0.1, -0.05) is 38.1 Å². The molecule has 1 unspecified atom stereocenters. The number of hydrogen-bond donors (Lipinski definition) is 1. The molecule has 0 fully saturated rings. The molecule has 1 nitrogen and oxygen atoms in total. The van der Waals surface area contributed by atoms with Crippen molar-refractivity contribution in [3.8, 4) is 0 Å². The van der Waals surface area contributed by atoms with Gasteiger partial charge in [-0.15, -0.1) is 0 Å². The monoisotopic (exact) mass is 299 g/mol. The third kappa shape index (κ3) is 6.34. The first-order chi connectivity index (χ1) is 9.86. The minimum Gasteiger partial charge on any atom is -0.313 e. The van der Waals surface area contributed by atoms with E-state index in [2.05, 4.69) is 25.7 Å². The molecule has 0 amide bonds. The number of halogens is 3. The van der Waals surface area contributed by atoms with Crippen molar-refractivity contribution in [3.63, 3.8) is 0 Å². The summed E-state index contributed by atoms with van der Waals surface area (Å²) in [6.07, 6.45) is -0.733. The van der Waals surface area contributed by atoms with Crippen LogP contribution in [0.2, 0.25) is 0 Å². The third-order valence-corrected chi connectivity index (χ3v) is 3.48. The second-order valence-electron chi connectivity index (χ2n) is 5.36. The Morgan fingerprint density at radius 2 is 1.81 bits per heavy atom. The molecule has 0 aliphatic rings. The second kappa shape index (κ2) is 8.23. The predicted molar refractivity (Wildman–Crippen MR) is 81.3 cm³/mol. The van der Waals surface area contributed by atoms with Crippen molar-refractivity contribution in [1.29, 1.82) is 0 Å². The van der Waals surface area contributed by atoms with E-state index in [4.69, 9.17) is 0 Å². The van der Waals surface area contributed by atoms with E-state index in [9.17, 15) is 13.2 Å². The maximum absolute atomic E-state index is 12.5. The van der Waals surface area contributed by atoms with Gasteiger partial charge in [0.1, 0.15) is 0 Å². The molecule has 0 bridgehead atoms. The minimum absolute atomic E-state index is 0.231. The van der Waals surface area contributed by atoms with E-state index >= 15 is 0 Å². The summed E-state index contributed by atoms with van der Waals surface area (Å²) in [7, 11) is 0. The number of hydrogen-bond acceptors (Lipinski definition) is 1. The number of alkyl halides is 3. The van der Waals surface area contributed by atoms with Crippen LogP contribution < -0.4 is 5.32 Å². The Kier molecular flexibility index (Phi) is 6.96. The summed E-state index contributed by atoms with van der Waals surface area (Å²) in [5.41, 5.74) is 1.48. The zero-order valence-electron chi connectivity index (χ0n) is 12.8. The first-order valence-corrected chi connectivity index (χ1v) is 7.43. The summed E-state index contributed by atoms with van der Waals surface area (Å²) < 4.78 is 37.6. The summed E-state index contributed by atoms with van der Waals surface area (Å²) in [4.78, 5) is 0. The maximum atomic E-state index is 12.5. The summed E-state index contributed by atoms with van der Waals surface area (Å²) in [5, 5.41) is 3.44. The van der Waals surface area contributed by atoms with Gasteiger partial charge in [0.05, 0.1) is 5.56 Å². The van der Waals surface area contributed by atoms with Crippen molar-refractivity contribution in [2.24, 2.45) is 0 Å². The molecule has 118 valence electrons. The van der Waals surface area contributed by atoms with Gasteiger partial charge in [0.2, 0.25) is 0 Å². The zero-order chi connectivity index (χ0) is 15.9. The normalized spacial score (nSPS) is 13.2. The number of benzene rings is 1. The highest BCUT2D eigenvalue weighted by molar-refractivity contribution is 5.25. The first kappa shape index (κ1) is 17.8. The molecular weight excluding hydrogens is 275 g/mol. The Labute approximate surface area is 125 Å². The van der Waals surface area contributed by atoms with E-state index in [0.717, 1.165) is 55.5 Å². The lowest BCUT2D eigenvalue weighted by atomic mass is 9.97. The van der Waals surface area contributed by atoms with Crippen LogP contribution in [0.15, 0.2) is 36.4 Å². The van der Waals surface area contributed by atoms with Crippen LogP contribution in [0.25, 0.3) is 0 Å². The molecule has 1 N–H and O–H groups in total. The summed E-state index contributed by atoms with van der Waals surface area (Å²) in [6, 6.07) is 5.67. The standard InChI is InChI=1S/C17H24F3N/c1-4-10-21-16(11-13(3)5-2)12-14-6-8-15(9-7-14)17(18,19)20/h6-9,16,21H,3-5,10-12H2,1-2H3. The van der Waals surface area contributed by atoms with Crippen LogP contribution in [0.4, 0.5) is 13.2 Å². The Balaban J connectivity index is 2.71. The lowest BCUT2D eigenvalue weighted by Gasteiger charge is -2.20. The molecule has 0 saturated carbocycles. The molecule has 21 heavy (non-hydrogen) atoms. The summed E-state index contributed by atoms with van der Waals surface area (Å²) in [5.74, 6) is 0. The van der Waals surface area contributed by atoms with Crippen molar-refractivity contribution in [2.45, 2.75) is 51.7 Å². The molecule has 1 aromatic carbocycles. The fourth-order valence-electron chi connectivity index (χ4n) is 2.17. The minimum atomic E-state index is -4.27. The molecule has 4 heteroatoms. The van der Waals surface area contributed by atoms with Gasteiger partial charge in [-0.25, -0.2) is 0 Å². The highest BCUT2D eigenvalue weighted by Crippen LogP contribution is 2.29. The molecular formula is C17H24F3N. The Morgan fingerprint density at radius 3 is 2.29 bits per heavy atom. The second-order valence-corrected chi connectivity index (χ2v) is 5.36. The highest BCUT2D eigenvalue weighted by atomic mass is 19.4. The van der Waals surface area contributed by atoms with Gasteiger partial charge in [-0.05, 0) is 49.9 Å². The van der Waals surface area contributed by atoms with Crippen molar-refractivity contribution >= 4 is 0 Å². The van der Waals surface area contributed by atoms with Crippen molar-refractivity contribution in [1.82, 2.24) is 5.32 Å². The number of rotatable bonds is 8. The van der Waals surface area contributed by atoms with Crippen molar-refractivity contribution < 1.29 is 13.2 Å². The average Bonchev–Trinajstić information content (AvgIpc) is 2.44. The molecule has 0 aliphatic heterocycles. The van der Waals surface area contributed by atoms with E-state index in [1.165, 1.54) is 0 Å². The van der Waals surface area contributed by atoms with Gasteiger partial charge < -0.3 is 5.32 Å². The Morgan fingerprint density at radius 1 is 1.19 bits per heavy atom. The van der Waals surface area contributed by atoms with E-state index in [1.807, 2.05) is 0 Å². The Bertz CT molecular complexity index is 434. The highest BCUT2D eigenvalue weighted by Gasteiger charge is 2.29.